The van der Waals surface area contributed by atoms with Crippen LogP contribution in [0.1, 0.15) is 12.5 Å². The largest absolute Gasteiger partial charge is 0.261 e. The molecule has 16 heavy (non-hydrogen) atoms. The summed E-state index contributed by atoms with van der Waals surface area (Å²) >= 11 is 0. The molecule has 0 aliphatic rings. The second kappa shape index (κ2) is 4.52. The molecule has 0 radical (unpaired) electrons. The van der Waals surface area contributed by atoms with Gasteiger partial charge in [-0.25, -0.2) is 16.8 Å². The van der Waals surface area contributed by atoms with Gasteiger partial charge in [-0.1, -0.05) is 13.0 Å². The molecule has 90 valence electrons. The normalized spacial score (nSPS) is 12.7. The summed E-state index contributed by atoms with van der Waals surface area (Å²) in [6, 6.07) is 3.58. The molecule has 0 aromatic heterocycles. The quantitative estimate of drug-likeness (QED) is 0.802. The third kappa shape index (κ3) is 3.10. The molecule has 8 heteroatoms. The summed E-state index contributed by atoms with van der Waals surface area (Å²) in [5, 5.41) is 0. The van der Waals surface area contributed by atoms with Crippen molar-refractivity contribution in [1.82, 2.24) is 0 Å². The van der Waals surface area contributed by atoms with Gasteiger partial charge in [0.1, 0.15) is 0 Å². The van der Waals surface area contributed by atoms with Gasteiger partial charge in [-0.2, -0.15) is 0 Å². The Morgan fingerprint density at radius 2 is 1.62 bits per heavy atom. The summed E-state index contributed by atoms with van der Waals surface area (Å²) in [5.41, 5.74) is 0.444. The zero-order valence-corrected chi connectivity index (χ0v) is 11.3. The molecule has 0 saturated carbocycles. The number of aryl methyl sites for hydroxylation is 1. The van der Waals surface area contributed by atoms with Gasteiger partial charge in [0.05, 0.1) is 9.79 Å². The van der Waals surface area contributed by atoms with Crippen LogP contribution in [0.15, 0.2) is 28.0 Å². The number of hydrogen-bond donors (Lipinski definition) is 0. The summed E-state index contributed by atoms with van der Waals surface area (Å²) in [6.45, 7) is 1.73. The number of hydrogen-bond acceptors (Lipinski definition) is 4. The van der Waals surface area contributed by atoms with Crippen LogP contribution < -0.4 is 0 Å². The number of halogens is 2. The van der Waals surface area contributed by atoms with Crippen LogP contribution in [0, 0.1) is 0 Å². The fraction of sp³-hybridized carbons (Fsp3) is 0.250. The third-order valence-corrected chi connectivity index (χ3v) is 4.72. The lowest BCUT2D eigenvalue weighted by molar-refractivity contribution is 0.607. The summed E-state index contributed by atoms with van der Waals surface area (Å²) in [7, 11) is 2.37. The summed E-state index contributed by atoms with van der Waals surface area (Å²) in [5.74, 6) is 0. The van der Waals surface area contributed by atoms with E-state index in [4.69, 9.17) is 21.4 Å². The first-order valence-electron chi connectivity index (χ1n) is 4.18. The van der Waals surface area contributed by atoms with E-state index in [0.29, 0.717) is 12.0 Å². The minimum atomic E-state index is -3.98. The minimum absolute atomic E-state index is 0.224. The second-order valence-electron chi connectivity index (χ2n) is 3.00. The maximum atomic E-state index is 11.2. The van der Waals surface area contributed by atoms with Crippen LogP contribution in [-0.4, -0.2) is 16.8 Å². The van der Waals surface area contributed by atoms with Crippen molar-refractivity contribution in [2.24, 2.45) is 0 Å². The monoisotopic (exact) mass is 302 g/mol. The molecule has 4 nitrogen and oxygen atoms in total. The van der Waals surface area contributed by atoms with Crippen molar-refractivity contribution < 1.29 is 16.8 Å². The Bertz CT molecular complexity index is 605. The van der Waals surface area contributed by atoms with Crippen LogP contribution in [0.25, 0.3) is 0 Å². The Labute approximate surface area is 103 Å². The third-order valence-electron chi connectivity index (χ3n) is 1.96. The van der Waals surface area contributed by atoms with Gasteiger partial charge in [0, 0.05) is 21.4 Å². The van der Waals surface area contributed by atoms with E-state index >= 15 is 0 Å². The van der Waals surface area contributed by atoms with Crippen molar-refractivity contribution >= 4 is 39.5 Å². The van der Waals surface area contributed by atoms with Crippen LogP contribution in [0.3, 0.4) is 0 Å². The van der Waals surface area contributed by atoms with Gasteiger partial charge in [-0.3, -0.25) is 0 Å². The lowest BCUT2D eigenvalue weighted by Crippen LogP contribution is -2.00. The first kappa shape index (κ1) is 13.8. The van der Waals surface area contributed by atoms with Gasteiger partial charge in [-0.05, 0) is 24.1 Å². The summed E-state index contributed by atoms with van der Waals surface area (Å²) in [4.78, 5) is -0.510. The highest BCUT2D eigenvalue weighted by Crippen LogP contribution is 2.25. The zero-order chi connectivity index (χ0) is 12.6. The van der Waals surface area contributed by atoms with E-state index in [1.165, 1.54) is 12.1 Å². The molecule has 0 unspecified atom stereocenters. The van der Waals surface area contributed by atoms with Crippen LogP contribution in [-0.2, 0) is 24.5 Å². The van der Waals surface area contributed by atoms with Gasteiger partial charge >= 0.3 is 0 Å². The molecule has 1 aromatic rings. The number of benzene rings is 1. The molecule has 0 aliphatic carbocycles. The Morgan fingerprint density at radius 3 is 2.00 bits per heavy atom. The standard InChI is InChI=1S/C8H8Cl2O4S2/c1-2-6-3-4-7(15(9,11)12)5-8(6)16(10,13)14/h3-5H,2H2,1H3. The van der Waals surface area contributed by atoms with Gasteiger partial charge in [0.2, 0.25) is 0 Å². The van der Waals surface area contributed by atoms with E-state index < -0.39 is 18.1 Å². The van der Waals surface area contributed by atoms with E-state index in [1.807, 2.05) is 0 Å². The maximum Gasteiger partial charge on any atom is 0.261 e. The van der Waals surface area contributed by atoms with E-state index in [2.05, 4.69) is 0 Å². The Kier molecular flexibility index (Phi) is 3.89. The molecule has 1 aromatic carbocycles. The zero-order valence-electron chi connectivity index (χ0n) is 8.14. The first-order valence-corrected chi connectivity index (χ1v) is 8.80. The highest BCUT2D eigenvalue weighted by molar-refractivity contribution is 8.14. The van der Waals surface area contributed by atoms with Crippen molar-refractivity contribution in [1.29, 1.82) is 0 Å². The average molecular weight is 303 g/mol. The lowest BCUT2D eigenvalue weighted by atomic mass is 10.2. The molecule has 1 rings (SSSR count). The topological polar surface area (TPSA) is 68.3 Å². The predicted molar refractivity (Wildman–Crippen MR) is 61.9 cm³/mol. The van der Waals surface area contributed by atoms with E-state index in [0.717, 1.165) is 6.07 Å². The Hall–Kier alpha value is -0.300. The van der Waals surface area contributed by atoms with Gasteiger partial charge in [0.25, 0.3) is 18.1 Å². The fourth-order valence-corrected chi connectivity index (χ4v) is 3.28. The molecule has 0 fully saturated rings. The summed E-state index contributed by atoms with van der Waals surface area (Å²) in [6.07, 6.45) is 0.421. The van der Waals surface area contributed by atoms with Crippen LogP contribution in [0.4, 0.5) is 0 Å². The molecule has 0 saturated heterocycles. The number of rotatable bonds is 3. The molecule has 0 amide bonds. The Balaban J connectivity index is 3.58. The van der Waals surface area contributed by atoms with E-state index in [-0.39, 0.29) is 9.79 Å². The van der Waals surface area contributed by atoms with Crippen LogP contribution in [0.2, 0.25) is 0 Å². The fourth-order valence-electron chi connectivity index (χ4n) is 1.21. The van der Waals surface area contributed by atoms with Gasteiger partial charge in [0.15, 0.2) is 0 Å². The smallest absolute Gasteiger partial charge is 0.207 e. The SMILES string of the molecule is CCc1ccc(S(=O)(=O)Cl)cc1S(=O)(=O)Cl. The maximum absolute atomic E-state index is 11.2. The minimum Gasteiger partial charge on any atom is -0.207 e. The summed E-state index contributed by atoms with van der Waals surface area (Å²) < 4.78 is 44.5. The van der Waals surface area contributed by atoms with Crippen molar-refractivity contribution in [2.75, 3.05) is 0 Å². The van der Waals surface area contributed by atoms with Crippen LogP contribution in [0.5, 0.6) is 0 Å². The second-order valence-corrected chi connectivity index (χ2v) is 8.10. The molecular formula is C8H8Cl2O4S2. The molecule has 0 heterocycles. The molecular weight excluding hydrogens is 295 g/mol. The van der Waals surface area contributed by atoms with Gasteiger partial charge < -0.3 is 0 Å². The average Bonchev–Trinajstić information content (AvgIpc) is 2.14. The van der Waals surface area contributed by atoms with Crippen molar-refractivity contribution in [3.05, 3.63) is 23.8 Å². The van der Waals surface area contributed by atoms with Crippen molar-refractivity contribution in [3.63, 3.8) is 0 Å². The van der Waals surface area contributed by atoms with E-state index in [1.54, 1.807) is 6.92 Å². The van der Waals surface area contributed by atoms with E-state index in [9.17, 15) is 16.8 Å². The highest BCUT2D eigenvalue weighted by Gasteiger charge is 2.19. The van der Waals surface area contributed by atoms with Crippen molar-refractivity contribution in [2.45, 2.75) is 23.1 Å². The molecule has 0 aliphatic heterocycles. The molecule has 0 atom stereocenters. The highest BCUT2D eigenvalue weighted by atomic mass is 35.7. The van der Waals surface area contributed by atoms with Crippen LogP contribution >= 0.6 is 21.4 Å². The van der Waals surface area contributed by atoms with Gasteiger partial charge in [-0.15, -0.1) is 0 Å². The molecule has 0 spiro atoms. The molecule has 0 bridgehead atoms. The van der Waals surface area contributed by atoms with Crippen molar-refractivity contribution in [3.8, 4) is 0 Å². The predicted octanol–water partition coefficient (Wildman–Crippen LogP) is 2.10. The molecule has 0 N–H and O–H groups in total. The lowest BCUT2D eigenvalue weighted by Gasteiger charge is -2.05. The first-order chi connectivity index (χ1) is 7.16. The Morgan fingerprint density at radius 1 is 1.06 bits per heavy atom.